The van der Waals surface area contributed by atoms with Gasteiger partial charge >= 0.3 is 0 Å². The third-order valence-corrected chi connectivity index (χ3v) is 6.67. The fourth-order valence-corrected chi connectivity index (χ4v) is 4.85. The average molecular weight is 514 g/mol. The SMILES string of the molecule is COc1cnc(CC(=O)NCCO)c2[nH]cc(C(=O)C(=O)N3CCc4c(cccc4-c4ccccn4)C3)c12. The monoisotopic (exact) mass is 513 g/mol. The molecule has 4 heterocycles. The average Bonchev–Trinajstić information content (AvgIpc) is 3.41. The Morgan fingerprint density at radius 2 is 2.03 bits per heavy atom. The van der Waals surface area contributed by atoms with Crippen LogP contribution in [0.5, 0.6) is 5.75 Å². The van der Waals surface area contributed by atoms with Gasteiger partial charge in [-0.1, -0.05) is 24.3 Å². The van der Waals surface area contributed by atoms with Gasteiger partial charge in [-0.05, 0) is 29.7 Å². The molecule has 0 saturated heterocycles. The van der Waals surface area contributed by atoms with E-state index >= 15 is 0 Å². The Hall–Kier alpha value is -4.57. The smallest absolute Gasteiger partial charge is 0.295 e. The van der Waals surface area contributed by atoms with Crippen LogP contribution in [0.3, 0.4) is 0 Å². The van der Waals surface area contributed by atoms with E-state index in [0.717, 1.165) is 22.4 Å². The topological polar surface area (TPSA) is 138 Å². The highest BCUT2D eigenvalue weighted by atomic mass is 16.5. The summed E-state index contributed by atoms with van der Waals surface area (Å²) in [5.74, 6) is -1.28. The number of H-pyrrole nitrogens is 1. The molecule has 0 unspecified atom stereocenters. The fourth-order valence-electron chi connectivity index (χ4n) is 4.85. The number of benzene rings is 1. The van der Waals surface area contributed by atoms with Crippen molar-refractivity contribution in [3.8, 4) is 17.0 Å². The second-order valence-corrected chi connectivity index (χ2v) is 8.94. The molecular weight excluding hydrogens is 486 g/mol. The van der Waals surface area contributed by atoms with E-state index in [2.05, 4.69) is 20.3 Å². The van der Waals surface area contributed by atoms with E-state index < -0.39 is 11.7 Å². The first-order valence-electron chi connectivity index (χ1n) is 12.3. The number of nitrogens with one attached hydrogen (secondary N) is 2. The largest absolute Gasteiger partial charge is 0.494 e. The fraction of sp³-hybridized carbons (Fsp3) is 0.250. The van der Waals surface area contributed by atoms with E-state index in [-0.39, 0.29) is 31.0 Å². The molecule has 1 aromatic carbocycles. The lowest BCUT2D eigenvalue weighted by Gasteiger charge is -2.29. The van der Waals surface area contributed by atoms with Crippen molar-refractivity contribution < 1.29 is 24.2 Å². The lowest BCUT2D eigenvalue weighted by atomic mass is 9.92. The Labute approximate surface area is 218 Å². The summed E-state index contributed by atoms with van der Waals surface area (Å²) < 4.78 is 5.43. The van der Waals surface area contributed by atoms with Crippen molar-refractivity contribution in [1.29, 1.82) is 0 Å². The van der Waals surface area contributed by atoms with Crippen LogP contribution in [-0.4, -0.2) is 69.4 Å². The quantitative estimate of drug-likeness (QED) is 0.242. The number of methoxy groups -OCH3 is 1. The number of Topliss-reactive ketones (excluding diaryl/α,β-unsaturated/α-hetero) is 1. The molecule has 0 fully saturated rings. The zero-order valence-corrected chi connectivity index (χ0v) is 20.9. The predicted molar refractivity (Wildman–Crippen MR) is 140 cm³/mol. The van der Waals surface area contributed by atoms with Gasteiger partial charge in [0.05, 0.1) is 54.2 Å². The van der Waals surface area contributed by atoms with Crippen LogP contribution in [-0.2, 0) is 29.0 Å². The Kier molecular flexibility index (Phi) is 7.14. The highest BCUT2D eigenvalue weighted by Crippen LogP contribution is 2.32. The van der Waals surface area contributed by atoms with Gasteiger partial charge < -0.3 is 25.0 Å². The van der Waals surface area contributed by atoms with Crippen molar-refractivity contribution in [3.05, 3.63) is 77.4 Å². The first-order valence-corrected chi connectivity index (χ1v) is 12.3. The maximum Gasteiger partial charge on any atom is 0.295 e. The van der Waals surface area contributed by atoms with Crippen LogP contribution in [0, 0.1) is 0 Å². The third kappa shape index (κ3) is 4.73. The van der Waals surface area contributed by atoms with Gasteiger partial charge in [-0.3, -0.25) is 24.4 Å². The minimum atomic E-state index is -0.666. The van der Waals surface area contributed by atoms with Crippen LogP contribution < -0.4 is 10.1 Å². The van der Waals surface area contributed by atoms with Gasteiger partial charge in [0.1, 0.15) is 5.75 Å². The van der Waals surface area contributed by atoms with Crippen LogP contribution in [0.1, 0.15) is 27.2 Å². The Balaban J connectivity index is 1.41. The summed E-state index contributed by atoms with van der Waals surface area (Å²) in [4.78, 5) is 52.4. The number of nitrogens with zero attached hydrogens (tertiary/aromatic N) is 3. The van der Waals surface area contributed by atoms with Crippen molar-refractivity contribution in [2.45, 2.75) is 19.4 Å². The van der Waals surface area contributed by atoms with E-state index in [1.165, 1.54) is 19.5 Å². The van der Waals surface area contributed by atoms with Gasteiger partial charge in [0, 0.05) is 37.6 Å². The highest BCUT2D eigenvalue weighted by Gasteiger charge is 2.30. The molecule has 4 aromatic rings. The molecule has 3 N–H and O–H groups in total. The number of amides is 2. The van der Waals surface area contributed by atoms with E-state index in [9.17, 15) is 14.4 Å². The Morgan fingerprint density at radius 1 is 1.16 bits per heavy atom. The van der Waals surface area contributed by atoms with Crippen molar-refractivity contribution in [2.24, 2.45) is 0 Å². The van der Waals surface area contributed by atoms with Gasteiger partial charge in [-0.25, -0.2) is 0 Å². The van der Waals surface area contributed by atoms with E-state index in [4.69, 9.17) is 9.84 Å². The summed E-state index contributed by atoms with van der Waals surface area (Å²) in [7, 11) is 1.45. The number of aliphatic hydroxyl groups is 1. The molecule has 10 heteroatoms. The number of fused-ring (bicyclic) bond motifs is 2. The molecule has 38 heavy (non-hydrogen) atoms. The molecule has 0 spiro atoms. The van der Waals surface area contributed by atoms with Crippen LogP contribution in [0.15, 0.2) is 55.0 Å². The first-order chi connectivity index (χ1) is 18.5. The van der Waals surface area contributed by atoms with E-state index in [1.54, 1.807) is 11.1 Å². The predicted octanol–water partition coefficient (Wildman–Crippen LogP) is 2.05. The number of ether oxygens (including phenoxy) is 1. The minimum absolute atomic E-state index is 0.0654. The van der Waals surface area contributed by atoms with E-state index in [0.29, 0.717) is 41.9 Å². The molecular formula is C28H27N5O5. The Morgan fingerprint density at radius 3 is 2.79 bits per heavy atom. The van der Waals surface area contributed by atoms with Gasteiger partial charge in [0.2, 0.25) is 5.91 Å². The molecule has 3 aromatic heterocycles. The molecule has 1 aliphatic rings. The summed E-state index contributed by atoms with van der Waals surface area (Å²) in [5, 5.41) is 11.9. The number of hydrogen-bond donors (Lipinski definition) is 3. The number of pyridine rings is 2. The van der Waals surface area contributed by atoms with Crippen molar-refractivity contribution in [3.63, 3.8) is 0 Å². The molecule has 2 amide bonds. The van der Waals surface area contributed by atoms with Crippen LogP contribution >= 0.6 is 0 Å². The van der Waals surface area contributed by atoms with Crippen LogP contribution in [0.25, 0.3) is 22.2 Å². The molecule has 0 saturated carbocycles. The molecule has 10 nitrogen and oxygen atoms in total. The number of aromatic nitrogens is 3. The number of carbonyl (C=O) groups excluding carboxylic acids is 3. The number of hydrogen-bond acceptors (Lipinski definition) is 7. The summed E-state index contributed by atoms with van der Waals surface area (Å²) in [6.45, 7) is 0.673. The number of ketones is 1. The number of carbonyl (C=O) groups is 3. The maximum atomic E-state index is 13.5. The van der Waals surface area contributed by atoms with Crippen molar-refractivity contribution >= 4 is 28.5 Å². The normalized spacial score (nSPS) is 12.7. The highest BCUT2D eigenvalue weighted by molar-refractivity contribution is 6.45. The second kappa shape index (κ2) is 10.8. The maximum absolute atomic E-state index is 13.5. The van der Waals surface area contributed by atoms with Gasteiger partial charge in [-0.15, -0.1) is 0 Å². The lowest BCUT2D eigenvalue weighted by molar-refractivity contribution is -0.127. The molecule has 0 bridgehead atoms. The Bertz CT molecular complexity index is 1520. The standard InChI is InChI=1S/C28H27N5O5/c1-38-23-15-31-22(13-24(35)30-10-12-34)26-25(23)20(14-32-26)27(36)28(37)33-11-8-18-17(16-33)5-4-6-19(18)21-7-2-3-9-29-21/h2-7,9,14-15,32,34H,8,10-13,16H2,1H3,(H,30,35). The summed E-state index contributed by atoms with van der Waals surface area (Å²) in [6.07, 6.45) is 5.19. The molecule has 0 aliphatic carbocycles. The lowest BCUT2D eigenvalue weighted by Crippen LogP contribution is -2.40. The molecule has 0 radical (unpaired) electrons. The summed E-state index contributed by atoms with van der Waals surface area (Å²) in [6, 6.07) is 11.7. The van der Waals surface area contributed by atoms with Crippen LogP contribution in [0.2, 0.25) is 0 Å². The van der Waals surface area contributed by atoms with Gasteiger partial charge in [-0.2, -0.15) is 0 Å². The third-order valence-electron chi connectivity index (χ3n) is 6.67. The number of rotatable bonds is 8. The number of aliphatic hydroxyl groups excluding tert-OH is 1. The van der Waals surface area contributed by atoms with Crippen molar-refractivity contribution in [1.82, 2.24) is 25.2 Å². The number of aromatic amines is 1. The van der Waals surface area contributed by atoms with Crippen LogP contribution in [0.4, 0.5) is 0 Å². The summed E-state index contributed by atoms with van der Waals surface area (Å²) >= 11 is 0. The van der Waals surface area contributed by atoms with Gasteiger partial charge in [0.25, 0.3) is 11.7 Å². The van der Waals surface area contributed by atoms with Gasteiger partial charge in [0.15, 0.2) is 0 Å². The molecule has 5 rings (SSSR count). The van der Waals surface area contributed by atoms with Crippen molar-refractivity contribution in [2.75, 3.05) is 26.8 Å². The van der Waals surface area contributed by atoms with E-state index in [1.807, 2.05) is 36.4 Å². The summed E-state index contributed by atoms with van der Waals surface area (Å²) in [5.41, 5.74) is 5.03. The zero-order chi connectivity index (χ0) is 26.6. The minimum Gasteiger partial charge on any atom is -0.494 e. The zero-order valence-electron chi connectivity index (χ0n) is 20.9. The molecule has 194 valence electrons. The molecule has 0 atom stereocenters. The second-order valence-electron chi connectivity index (χ2n) is 8.94. The molecule has 1 aliphatic heterocycles. The first kappa shape index (κ1) is 25.1.